The summed E-state index contributed by atoms with van der Waals surface area (Å²) in [5.41, 5.74) is 3.31. The average molecular weight is 396 g/mol. The van der Waals surface area contributed by atoms with Crippen molar-refractivity contribution in [3.63, 3.8) is 0 Å². The third kappa shape index (κ3) is 5.13. The molecule has 0 atom stereocenters. The fourth-order valence-electron chi connectivity index (χ4n) is 2.68. The molecule has 0 unspecified atom stereocenters. The quantitative estimate of drug-likeness (QED) is 0.375. The van der Waals surface area contributed by atoms with E-state index < -0.39 is 18.1 Å². The second-order valence-corrected chi connectivity index (χ2v) is 6.01. The molecule has 0 radical (unpaired) electrons. The maximum atomic E-state index is 12.8. The van der Waals surface area contributed by atoms with E-state index in [1.165, 1.54) is 12.1 Å². The number of ether oxygens (including phenoxy) is 1. The summed E-state index contributed by atoms with van der Waals surface area (Å²) in [6.07, 6.45) is 1.12. The van der Waals surface area contributed by atoms with Crippen LogP contribution < -0.4 is 4.74 Å². The number of carbonyl (C=O) groups is 1. The van der Waals surface area contributed by atoms with E-state index in [1.54, 1.807) is 42.5 Å². The predicted octanol–water partition coefficient (Wildman–Crippen LogP) is 6.64. The molecule has 0 aliphatic carbocycles. The molecule has 3 nitrogen and oxygen atoms in total. The van der Waals surface area contributed by atoms with E-state index in [-0.39, 0.29) is 11.3 Å². The molecule has 6 heteroatoms. The van der Waals surface area contributed by atoms with Crippen LogP contribution in [0.3, 0.4) is 0 Å². The Morgan fingerprint density at radius 3 is 1.90 bits per heavy atom. The number of hydrogen-bond acceptors (Lipinski definition) is 2. The van der Waals surface area contributed by atoms with Crippen LogP contribution in [-0.4, -0.2) is 11.1 Å². The van der Waals surface area contributed by atoms with Crippen molar-refractivity contribution in [3.05, 3.63) is 102 Å². The average Bonchev–Trinajstić information content (AvgIpc) is 2.73. The fourth-order valence-corrected chi connectivity index (χ4v) is 2.68. The van der Waals surface area contributed by atoms with Crippen molar-refractivity contribution in [1.82, 2.24) is 0 Å². The van der Waals surface area contributed by atoms with Crippen LogP contribution in [0.4, 0.5) is 13.2 Å². The van der Waals surface area contributed by atoms with Crippen molar-refractivity contribution in [2.24, 2.45) is 0 Å². The molecule has 29 heavy (non-hydrogen) atoms. The van der Waals surface area contributed by atoms with Crippen LogP contribution in [0.2, 0.25) is 0 Å². The van der Waals surface area contributed by atoms with E-state index in [9.17, 15) is 23.1 Å². The number of benzene rings is 3. The molecule has 3 aromatic rings. The standard InChI is InChI=1S/C23H15F3O3/c24-21(25)22(26)29-18-13-9-16(10-14-18)6-5-15-7-11-17(12-8-15)19-3-1-2-4-20(19)23(27)28/h1-14H,(H,27,28)/b6-5+. The predicted molar refractivity (Wildman–Crippen MR) is 105 cm³/mol. The van der Waals surface area contributed by atoms with Gasteiger partial charge in [0.1, 0.15) is 5.75 Å². The molecule has 0 aliphatic rings. The molecule has 0 aromatic heterocycles. The summed E-state index contributed by atoms with van der Waals surface area (Å²) in [4.78, 5) is 11.4. The molecule has 3 rings (SSSR count). The third-order valence-electron chi connectivity index (χ3n) is 4.08. The lowest BCUT2D eigenvalue weighted by atomic mass is 9.98. The van der Waals surface area contributed by atoms with Gasteiger partial charge in [-0.1, -0.05) is 66.7 Å². The number of carboxylic acid groups (broad SMARTS) is 1. The molecule has 0 bridgehead atoms. The molecular formula is C23H15F3O3. The molecule has 0 heterocycles. The van der Waals surface area contributed by atoms with Gasteiger partial charge in [0.05, 0.1) is 5.56 Å². The number of hydrogen-bond donors (Lipinski definition) is 1. The Bertz CT molecular complexity index is 1070. The van der Waals surface area contributed by atoms with Gasteiger partial charge in [0.2, 0.25) is 0 Å². The molecule has 0 spiro atoms. The van der Waals surface area contributed by atoms with Crippen molar-refractivity contribution in [2.75, 3.05) is 0 Å². The maximum Gasteiger partial charge on any atom is 0.344 e. The summed E-state index contributed by atoms with van der Waals surface area (Å²) in [5, 5.41) is 9.31. The Morgan fingerprint density at radius 1 is 0.793 bits per heavy atom. The Hall–Kier alpha value is -3.80. The van der Waals surface area contributed by atoms with Crippen molar-refractivity contribution in [3.8, 4) is 16.9 Å². The minimum absolute atomic E-state index is 0.0334. The van der Waals surface area contributed by atoms with Gasteiger partial charge in [-0.25, -0.2) is 4.79 Å². The van der Waals surface area contributed by atoms with Crippen LogP contribution >= 0.6 is 0 Å². The van der Waals surface area contributed by atoms with Crippen LogP contribution in [0.1, 0.15) is 21.5 Å². The first-order valence-corrected chi connectivity index (χ1v) is 8.53. The summed E-state index contributed by atoms with van der Waals surface area (Å²) in [7, 11) is 0. The van der Waals surface area contributed by atoms with Crippen molar-refractivity contribution < 1.29 is 27.8 Å². The highest BCUT2D eigenvalue weighted by Gasteiger charge is 2.10. The minimum atomic E-state index is -2.51. The lowest BCUT2D eigenvalue weighted by Crippen LogP contribution is -1.98. The van der Waals surface area contributed by atoms with Gasteiger partial charge in [-0.05, 0) is 40.5 Å². The van der Waals surface area contributed by atoms with E-state index in [1.807, 2.05) is 30.3 Å². The van der Waals surface area contributed by atoms with Crippen LogP contribution in [0, 0.1) is 0 Å². The lowest BCUT2D eigenvalue weighted by Gasteiger charge is -2.06. The molecule has 3 aromatic carbocycles. The monoisotopic (exact) mass is 396 g/mol. The summed E-state index contributed by atoms with van der Waals surface area (Å²) < 4.78 is 41.2. The van der Waals surface area contributed by atoms with Crippen LogP contribution in [0.25, 0.3) is 23.3 Å². The molecule has 1 N–H and O–H groups in total. The summed E-state index contributed by atoms with van der Waals surface area (Å²) in [6.45, 7) is 0. The first kappa shape index (κ1) is 19.9. The van der Waals surface area contributed by atoms with Gasteiger partial charge >= 0.3 is 18.1 Å². The van der Waals surface area contributed by atoms with Crippen LogP contribution in [0.5, 0.6) is 5.75 Å². The highest BCUT2D eigenvalue weighted by Crippen LogP contribution is 2.25. The Kier molecular flexibility index (Phi) is 6.14. The number of aromatic carboxylic acids is 1. The second-order valence-electron chi connectivity index (χ2n) is 6.01. The smallest absolute Gasteiger partial charge is 0.344 e. The SMILES string of the molecule is O=C(O)c1ccccc1-c1ccc(/C=C/c2ccc(OC(F)=C(F)F)cc2)cc1. The van der Waals surface area contributed by atoms with E-state index in [4.69, 9.17) is 0 Å². The van der Waals surface area contributed by atoms with Gasteiger partial charge in [-0.2, -0.15) is 13.2 Å². The van der Waals surface area contributed by atoms with E-state index in [0.717, 1.165) is 16.7 Å². The Labute approximate surface area is 165 Å². The number of rotatable bonds is 6. The third-order valence-corrected chi connectivity index (χ3v) is 4.08. The van der Waals surface area contributed by atoms with Gasteiger partial charge in [0.25, 0.3) is 0 Å². The van der Waals surface area contributed by atoms with Gasteiger partial charge in [0, 0.05) is 0 Å². The van der Waals surface area contributed by atoms with Crippen molar-refractivity contribution >= 4 is 18.1 Å². The first-order valence-electron chi connectivity index (χ1n) is 8.53. The number of carboxylic acids is 1. The summed E-state index contributed by atoms with van der Waals surface area (Å²) >= 11 is 0. The van der Waals surface area contributed by atoms with Gasteiger partial charge in [-0.15, -0.1) is 0 Å². The topological polar surface area (TPSA) is 46.5 Å². The molecule has 0 saturated carbocycles. The van der Waals surface area contributed by atoms with Gasteiger partial charge < -0.3 is 9.84 Å². The Balaban J connectivity index is 1.72. The number of halogens is 3. The van der Waals surface area contributed by atoms with Crippen LogP contribution in [0.15, 0.2) is 84.9 Å². The molecular weight excluding hydrogens is 381 g/mol. The summed E-state index contributed by atoms with van der Waals surface area (Å²) in [6, 6.07) is 18.2. The van der Waals surface area contributed by atoms with Gasteiger partial charge in [0.15, 0.2) is 0 Å². The zero-order valence-corrected chi connectivity index (χ0v) is 15.0. The molecule has 0 aliphatic heterocycles. The van der Waals surface area contributed by atoms with Crippen molar-refractivity contribution in [1.29, 1.82) is 0 Å². The minimum Gasteiger partial charge on any atom is -0.478 e. The second kappa shape index (κ2) is 8.93. The largest absolute Gasteiger partial charge is 0.478 e. The first-order chi connectivity index (χ1) is 13.9. The maximum absolute atomic E-state index is 12.8. The molecule has 146 valence electrons. The van der Waals surface area contributed by atoms with E-state index >= 15 is 0 Å². The molecule has 0 saturated heterocycles. The normalized spacial score (nSPS) is 10.7. The van der Waals surface area contributed by atoms with Crippen molar-refractivity contribution in [2.45, 2.75) is 0 Å². The summed E-state index contributed by atoms with van der Waals surface area (Å²) in [5.74, 6) is -1.02. The van der Waals surface area contributed by atoms with Crippen LogP contribution in [-0.2, 0) is 0 Å². The highest BCUT2D eigenvalue weighted by molar-refractivity contribution is 5.96. The zero-order chi connectivity index (χ0) is 20.8. The molecule has 0 fully saturated rings. The lowest BCUT2D eigenvalue weighted by molar-refractivity contribution is 0.0697. The molecule has 0 amide bonds. The zero-order valence-electron chi connectivity index (χ0n) is 15.0. The van der Waals surface area contributed by atoms with E-state index in [0.29, 0.717) is 5.56 Å². The fraction of sp³-hybridized carbons (Fsp3) is 0. The highest BCUT2D eigenvalue weighted by atomic mass is 19.3. The Morgan fingerprint density at radius 2 is 1.34 bits per heavy atom. The van der Waals surface area contributed by atoms with E-state index in [2.05, 4.69) is 4.74 Å². The van der Waals surface area contributed by atoms with Gasteiger partial charge in [-0.3, -0.25) is 0 Å².